The van der Waals surface area contributed by atoms with Crippen molar-refractivity contribution in [3.63, 3.8) is 0 Å². The zero-order valence-electron chi connectivity index (χ0n) is 13.1. The molecule has 0 saturated heterocycles. The predicted molar refractivity (Wildman–Crippen MR) is 84.8 cm³/mol. The number of benzene rings is 1. The molecule has 4 nitrogen and oxygen atoms in total. The van der Waals surface area contributed by atoms with Crippen molar-refractivity contribution >= 4 is 5.65 Å². The Hall–Kier alpha value is -2.43. The maximum absolute atomic E-state index is 14.7. The molecule has 2 aromatic heterocycles. The van der Waals surface area contributed by atoms with Gasteiger partial charge in [0.15, 0.2) is 11.5 Å². The molecule has 5 heteroatoms. The molecule has 0 atom stereocenters. The van der Waals surface area contributed by atoms with E-state index in [1.165, 1.54) is 4.52 Å². The maximum Gasteiger partial charge on any atom is 0.276 e. The van der Waals surface area contributed by atoms with Gasteiger partial charge < -0.3 is 0 Å². The molecule has 0 amide bonds. The van der Waals surface area contributed by atoms with Gasteiger partial charge >= 0.3 is 0 Å². The number of nitrogens with one attached hydrogen (secondary N) is 1. The van der Waals surface area contributed by atoms with E-state index in [1.54, 1.807) is 6.92 Å². The molecule has 1 N–H and O–H groups in total. The quantitative estimate of drug-likeness (QED) is 0.786. The van der Waals surface area contributed by atoms with Crippen molar-refractivity contribution in [2.45, 2.75) is 33.6 Å². The Morgan fingerprint density at radius 1 is 1.18 bits per heavy atom. The van der Waals surface area contributed by atoms with E-state index in [4.69, 9.17) is 0 Å². The minimum absolute atomic E-state index is 0.0334. The Morgan fingerprint density at radius 3 is 2.41 bits per heavy atom. The summed E-state index contributed by atoms with van der Waals surface area (Å²) in [7, 11) is 0. The molecular formula is C17H18FN3O. The van der Waals surface area contributed by atoms with Crippen LogP contribution < -0.4 is 5.56 Å². The molecule has 0 aliphatic carbocycles. The van der Waals surface area contributed by atoms with E-state index in [0.29, 0.717) is 16.8 Å². The molecule has 0 aliphatic heterocycles. The van der Waals surface area contributed by atoms with E-state index < -0.39 is 5.82 Å². The summed E-state index contributed by atoms with van der Waals surface area (Å²) in [4.78, 5) is 16.8. The van der Waals surface area contributed by atoms with Crippen LogP contribution in [0.5, 0.6) is 0 Å². The molecule has 114 valence electrons. The summed E-state index contributed by atoms with van der Waals surface area (Å²) in [6, 6.07) is 7.46. The summed E-state index contributed by atoms with van der Waals surface area (Å²) in [5.74, 6) is -0.467. The molecule has 0 radical (unpaired) electrons. The molecule has 0 saturated carbocycles. The number of fused-ring (bicyclic) bond motifs is 1. The van der Waals surface area contributed by atoms with E-state index in [9.17, 15) is 9.18 Å². The van der Waals surface area contributed by atoms with Crippen LogP contribution in [-0.4, -0.2) is 14.6 Å². The van der Waals surface area contributed by atoms with Crippen LogP contribution in [0.2, 0.25) is 0 Å². The van der Waals surface area contributed by atoms with Gasteiger partial charge in [-0.1, -0.05) is 43.7 Å². The highest BCUT2D eigenvalue weighted by Gasteiger charge is 2.20. The minimum atomic E-state index is -0.501. The number of aryl methyl sites for hydroxylation is 2. The summed E-state index contributed by atoms with van der Waals surface area (Å²) in [5.41, 5.74) is 3.05. The third kappa shape index (κ3) is 2.13. The zero-order chi connectivity index (χ0) is 16.0. The van der Waals surface area contributed by atoms with E-state index in [-0.39, 0.29) is 22.8 Å². The van der Waals surface area contributed by atoms with Crippen molar-refractivity contribution in [1.29, 1.82) is 0 Å². The number of hydrogen-bond donors (Lipinski definition) is 1. The van der Waals surface area contributed by atoms with Crippen LogP contribution >= 0.6 is 0 Å². The monoisotopic (exact) mass is 299 g/mol. The highest BCUT2D eigenvalue weighted by atomic mass is 19.1. The van der Waals surface area contributed by atoms with Gasteiger partial charge in [-0.3, -0.25) is 9.89 Å². The topological polar surface area (TPSA) is 50.2 Å². The highest BCUT2D eigenvalue weighted by Crippen LogP contribution is 2.24. The third-order valence-corrected chi connectivity index (χ3v) is 3.87. The van der Waals surface area contributed by atoms with Crippen molar-refractivity contribution in [2.75, 3.05) is 0 Å². The van der Waals surface area contributed by atoms with Crippen molar-refractivity contribution in [3.05, 3.63) is 57.3 Å². The number of aromatic nitrogens is 3. The standard InChI is InChI=1S/C17H18FN3O/c1-9(2)13-11(4)19-16-14(18)15(20-21(16)17(13)22)12-7-5-10(3)6-8-12/h5-9,20H,1-4H3. The fraction of sp³-hybridized carbons (Fsp3) is 0.294. The second kappa shape index (κ2) is 5.09. The van der Waals surface area contributed by atoms with Crippen LogP contribution in [0.3, 0.4) is 0 Å². The first-order chi connectivity index (χ1) is 10.4. The number of H-pyrrole nitrogens is 1. The molecule has 1 aromatic carbocycles. The Labute approximate surface area is 127 Å². The van der Waals surface area contributed by atoms with Crippen LogP contribution in [0.15, 0.2) is 29.1 Å². The second-order valence-corrected chi connectivity index (χ2v) is 5.90. The minimum Gasteiger partial charge on any atom is -0.286 e. The Balaban J connectivity index is 2.32. The fourth-order valence-corrected chi connectivity index (χ4v) is 2.74. The number of rotatable bonds is 2. The predicted octanol–water partition coefficient (Wildman–Crippen LogP) is 3.57. The van der Waals surface area contributed by atoms with Gasteiger partial charge in [0.05, 0.1) is 0 Å². The summed E-state index contributed by atoms with van der Waals surface area (Å²) in [6.45, 7) is 7.57. The van der Waals surface area contributed by atoms with Gasteiger partial charge in [0.25, 0.3) is 5.56 Å². The smallest absolute Gasteiger partial charge is 0.276 e. The summed E-state index contributed by atoms with van der Waals surface area (Å²) < 4.78 is 15.9. The average molecular weight is 299 g/mol. The lowest BCUT2D eigenvalue weighted by Gasteiger charge is -2.07. The van der Waals surface area contributed by atoms with Crippen LogP contribution in [0.4, 0.5) is 4.39 Å². The number of nitrogens with zero attached hydrogens (tertiary/aromatic N) is 2. The SMILES string of the molecule is Cc1ccc(-c2[nH]n3c(=O)c(C(C)C)c(C)nc3c2F)cc1. The van der Waals surface area contributed by atoms with Crippen LogP contribution in [0, 0.1) is 19.7 Å². The molecule has 22 heavy (non-hydrogen) atoms. The van der Waals surface area contributed by atoms with Gasteiger partial charge in [0.1, 0.15) is 5.69 Å². The summed E-state index contributed by atoms with van der Waals surface area (Å²) in [6.07, 6.45) is 0. The number of aromatic amines is 1. The molecular weight excluding hydrogens is 281 g/mol. The third-order valence-electron chi connectivity index (χ3n) is 3.87. The van der Waals surface area contributed by atoms with Crippen LogP contribution in [0.25, 0.3) is 16.9 Å². The molecule has 0 bridgehead atoms. The lowest BCUT2D eigenvalue weighted by atomic mass is 10.0. The molecule has 2 heterocycles. The zero-order valence-corrected chi connectivity index (χ0v) is 13.1. The molecule has 0 aliphatic rings. The normalized spacial score (nSPS) is 11.5. The van der Waals surface area contributed by atoms with Crippen molar-refractivity contribution in [3.8, 4) is 11.3 Å². The Morgan fingerprint density at radius 2 is 1.82 bits per heavy atom. The molecule has 0 fully saturated rings. The lowest BCUT2D eigenvalue weighted by molar-refractivity contribution is 0.637. The maximum atomic E-state index is 14.7. The van der Waals surface area contributed by atoms with Gasteiger partial charge in [-0.15, -0.1) is 0 Å². The average Bonchev–Trinajstić information content (AvgIpc) is 2.77. The van der Waals surface area contributed by atoms with E-state index in [2.05, 4.69) is 10.1 Å². The number of halogens is 1. The van der Waals surface area contributed by atoms with E-state index >= 15 is 0 Å². The van der Waals surface area contributed by atoms with Crippen molar-refractivity contribution in [1.82, 2.24) is 14.6 Å². The van der Waals surface area contributed by atoms with E-state index in [1.807, 2.05) is 45.0 Å². The van der Waals surface area contributed by atoms with Gasteiger partial charge in [-0.2, -0.15) is 4.52 Å². The van der Waals surface area contributed by atoms with Crippen molar-refractivity contribution < 1.29 is 4.39 Å². The fourth-order valence-electron chi connectivity index (χ4n) is 2.74. The summed E-state index contributed by atoms with van der Waals surface area (Å²) >= 11 is 0. The Kier molecular flexibility index (Phi) is 3.35. The molecule has 3 aromatic rings. The van der Waals surface area contributed by atoms with Gasteiger partial charge in [0.2, 0.25) is 0 Å². The summed E-state index contributed by atoms with van der Waals surface area (Å²) in [5, 5.41) is 2.86. The van der Waals surface area contributed by atoms with E-state index in [0.717, 1.165) is 5.56 Å². The largest absolute Gasteiger partial charge is 0.286 e. The van der Waals surface area contributed by atoms with Gasteiger partial charge in [0, 0.05) is 16.8 Å². The number of hydrogen-bond acceptors (Lipinski definition) is 2. The van der Waals surface area contributed by atoms with Crippen LogP contribution in [-0.2, 0) is 0 Å². The first-order valence-corrected chi connectivity index (χ1v) is 7.28. The van der Waals surface area contributed by atoms with Gasteiger partial charge in [-0.05, 0) is 19.8 Å². The Bertz CT molecular complexity index is 904. The highest BCUT2D eigenvalue weighted by molar-refractivity contribution is 5.65. The van der Waals surface area contributed by atoms with Crippen LogP contribution in [0.1, 0.15) is 36.6 Å². The van der Waals surface area contributed by atoms with Gasteiger partial charge in [-0.25, -0.2) is 9.37 Å². The lowest BCUT2D eigenvalue weighted by Crippen LogP contribution is -2.22. The van der Waals surface area contributed by atoms with Crippen molar-refractivity contribution in [2.24, 2.45) is 0 Å². The molecule has 3 rings (SSSR count). The first-order valence-electron chi connectivity index (χ1n) is 7.28. The molecule has 0 spiro atoms. The first kappa shape index (κ1) is 14.5. The molecule has 0 unspecified atom stereocenters. The second-order valence-electron chi connectivity index (χ2n) is 5.90.